The number of sulfonamides is 1. The number of hydrogen-bond donors (Lipinski definition) is 2. The zero-order valence-electron chi connectivity index (χ0n) is 18.7. The number of rotatable bonds is 7. The molecule has 0 spiro atoms. The highest BCUT2D eigenvalue weighted by molar-refractivity contribution is 14.0. The third kappa shape index (κ3) is 6.56. The smallest absolute Gasteiger partial charge is 0.243 e. The third-order valence-corrected chi connectivity index (χ3v) is 7.36. The Balaban J connectivity index is 0.00000363. The monoisotopic (exact) mass is 573 g/mol. The largest absolute Gasteiger partial charge is 0.496 e. The van der Waals surface area contributed by atoms with Crippen LogP contribution in [0, 0.1) is 0 Å². The summed E-state index contributed by atoms with van der Waals surface area (Å²) in [5.74, 6) is 1.38. The highest BCUT2D eigenvalue weighted by Crippen LogP contribution is 2.21. The maximum atomic E-state index is 13.2. The number of methoxy groups -OCH3 is 1. The fourth-order valence-corrected chi connectivity index (χ4v) is 5.14. The number of nitrogens with zero attached hydrogens (tertiary/aromatic N) is 3. The maximum absolute atomic E-state index is 13.2. The van der Waals surface area contributed by atoms with Crippen molar-refractivity contribution in [1.29, 1.82) is 0 Å². The van der Waals surface area contributed by atoms with E-state index in [-0.39, 0.29) is 24.0 Å². The van der Waals surface area contributed by atoms with Crippen molar-refractivity contribution in [1.82, 2.24) is 19.8 Å². The van der Waals surface area contributed by atoms with Gasteiger partial charge in [-0.2, -0.15) is 4.31 Å². The van der Waals surface area contributed by atoms with Gasteiger partial charge in [0.15, 0.2) is 5.96 Å². The van der Waals surface area contributed by atoms with E-state index in [9.17, 15) is 8.42 Å². The molecule has 2 aromatic rings. The molecule has 1 fully saturated rings. The van der Waals surface area contributed by atoms with E-state index < -0.39 is 10.0 Å². The molecule has 0 amide bonds. The number of nitrogens with one attached hydrogen (secondary N) is 2. The summed E-state index contributed by atoms with van der Waals surface area (Å²) in [4.78, 5) is 6.73. The van der Waals surface area contributed by atoms with Crippen molar-refractivity contribution in [2.24, 2.45) is 4.99 Å². The molecule has 1 aliphatic heterocycles. The van der Waals surface area contributed by atoms with Gasteiger partial charge >= 0.3 is 0 Å². The quantitative estimate of drug-likeness (QED) is 0.300. The van der Waals surface area contributed by atoms with Gasteiger partial charge in [-0.15, -0.1) is 24.0 Å². The second-order valence-corrected chi connectivity index (χ2v) is 9.31. The van der Waals surface area contributed by atoms with Crippen LogP contribution in [0.4, 0.5) is 0 Å². The van der Waals surface area contributed by atoms with Gasteiger partial charge in [0.2, 0.25) is 10.0 Å². The molecule has 3 rings (SSSR count). The van der Waals surface area contributed by atoms with Crippen molar-refractivity contribution in [3.8, 4) is 5.75 Å². The molecule has 1 heterocycles. The lowest BCUT2D eigenvalue weighted by Gasteiger charge is -2.32. The van der Waals surface area contributed by atoms with E-state index >= 15 is 0 Å². The number of hydrogen-bond acceptors (Lipinski definition) is 5. The van der Waals surface area contributed by atoms with E-state index in [1.807, 2.05) is 43.4 Å². The van der Waals surface area contributed by atoms with Gasteiger partial charge in [-0.25, -0.2) is 8.42 Å². The van der Waals surface area contributed by atoms with Crippen LogP contribution in [-0.2, 0) is 23.1 Å². The molecule has 32 heavy (non-hydrogen) atoms. The van der Waals surface area contributed by atoms with Gasteiger partial charge in [0.25, 0.3) is 0 Å². The van der Waals surface area contributed by atoms with E-state index in [0.29, 0.717) is 42.6 Å². The summed E-state index contributed by atoms with van der Waals surface area (Å²) >= 11 is 0. The van der Waals surface area contributed by atoms with Crippen LogP contribution in [0.2, 0.25) is 0 Å². The highest BCUT2D eigenvalue weighted by Gasteiger charge is 2.29. The minimum Gasteiger partial charge on any atom is -0.496 e. The lowest BCUT2D eigenvalue weighted by atomic mass is 10.2. The molecule has 1 aliphatic rings. The molecule has 8 nitrogen and oxygen atoms in total. The molecular weight excluding hydrogens is 541 g/mol. The van der Waals surface area contributed by atoms with Gasteiger partial charge in [-0.05, 0) is 24.7 Å². The first-order valence-corrected chi connectivity index (χ1v) is 11.7. The molecule has 0 unspecified atom stereocenters. The Morgan fingerprint density at radius 1 is 0.969 bits per heavy atom. The molecule has 0 aliphatic carbocycles. The molecule has 2 N–H and O–H groups in total. The highest BCUT2D eigenvalue weighted by atomic mass is 127. The van der Waals surface area contributed by atoms with Gasteiger partial charge in [-0.1, -0.05) is 36.4 Å². The second kappa shape index (κ2) is 12.4. The van der Waals surface area contributed by atoms with E-state index in [4.69, 9.17) is 4.74 Å². The Labute approximate surface area is 208 Å². The summed E-state index contributed by atoms with van der Waals surface area (Å²) in [5.41, 5.74) is 1.72. The summed E-state index contributed by atoms with van der Waals surface area (Å²) < 4.78 is 33.4. The average Bonchev–Trinajstić information content (AvgIpc) is 2.80. The molecule has 10 heteroatoms. The van der Waals surface area contributed by atoms with Crippen LogP contribution in [0.5, 0.6) is 5.75 Å². The SMILES string of the molecule is CN=C(NCc1ccccc1OC)NCc1ccccc1S(=O)(=O)N1CCN(C)CC1.I. The summed E-state index contributed by atoms with van der Waals surface area (Å²) in [6, 6.07) is 14.9. The second-order valence-electron chi connectivity index (χ2n) is 7.41. The van der Waals surface area contributed by atoms with Gasteiger partial charge in [0.05, 0.1) is 12.0 Å². The maximum Gasteiger partial charge on any atom is 0.243 e. The molecule has 0 aromatic heterocycles. The first-order valence-electron chi connectivity index (χ1n) is 10.3. The molecule has 176 valence electrons. The molecule has 1 saturated heterocycles. The van der Waals surface area contributed by atoms with Crippen molar-refractivity contribution in [2.75, 3.05) is 47.4 Å². The minimum absolute atomic E-state index is 0. The Bertz CT molecular complexity index is 1010. The Kier molecular flexibility index (Phi) is 10.2. The Morgan fingerprint density at radius 2 is 1.53 bits per heavy atom. The Morgan fingerprint density at radius 3 is 2.16 bits per heavy atom. The molecule has 0 radical (unpaired) electrons. The topological polar surface area (TPSA) is 86.3 Å². The number of benzene rings is 2. The summed E-state index contributed by atoms with van der Waals surface area (Å²) in [6.07, 6.45) is 0. The van der Waals surface area contributed by atoms with E-state index in [0.717, 1.165) is 24.4 Å². The normalized spacial score (nSPS) is 15.7. The summed E-state index contributed by atoms with van der Waals surface area (Å²) in [6.45, 7) is 3.35. The van der Waals surface area contributed by atoms with Crippen LogP contribution in [0.25, 0.3) is 0 Å². The van der Waals surface area contributed by atoms with Crippen molar-refractivity contribution < 1.29 is 13.2 Å². The molecule has 2 aromatic carbocycles. The van der Waals surface area contributed by atoms with Crippen molar-refractivity contribution >= 4 is 40.0 Å². The molecular formula is C22H32IN5O3S. The number of piperazine rings is 1. The molecule has 0 atom stereocenters. The standard InChI is InChI=1S/C22H31N5O3S.HI/c1-23-22(24-16-18-8-4-6-10-20(18)30-3)25-17-19-9-5-7-11-21(19)31(28,29)27-14-12-26(2)13-15-27;/h4-11H,12-17H2,1-3H3,(H2,23,24,25);1H. The summed E-state index contributed by atoms with van der Waals surface area (Å²) in [5, 5.41) is 6.47. The first-order chi connectivity index (χ1) is 15.0. The van der Waals surface area contributed by atoms with E-state index in [2.05, 4.69) is 20.5 Å². The van der Waals surface area contributed by atoms with Crippen LogP contribution >= 0.6 is 24.0 Å². The predicted octanol–water partition coefficient (Wildman–Crippen LogP) is 2.11. The predicted molar refractivity (Wildman–Crippen MR) is 138 cm³/mol. The fourth-order valence-electron chi connectivity index (χ4n) is 3.50. The van der Waals surface area contributed by atoms with Crippen LogP contribution in [-0.4, -0.2) is 71.0 Å². The zero-order valence-corrected chi connectivity index (χ0v) is 21.9. The number of guanidine groups is 1. The lowest BCUT2D eigenvalue weighted by molar-refractivity contribution is 0.222. The number of halogens is 1. The van der Waals surface area contributed by atoms with Crippen LogP contribution in [0.15, 0.2) is 58.4 Å². The molecule has 0 saturated carbocycles. The van der Waals surface area contributed by atoms with Crippen molar-refractivity contribution in [3.05, 3.63) is 59.7 Å². The van der Waals surface area contributed by atoms with Gasteiger partial charge in [-0.3, -0.25) is 4.99 Å². The van der Waals surface area contributed by atoms with Gasteiger partial charge in [0.1, 0.15) is 5.75 Å². The van der Waals surface area contributed by atoms with E-state index in [1.54, 1.807) is 30.6 Å². The Hall–Kier alpha value is -1.89. The average molecular weight is 574 g/mol. The number of likely N-dealkylation sites (N-methyl/N-ethyl adjacent to an activating group) is 1. The number of ether oxygens (including phenoxy) is 1. The summed E-state index contributed by atoms with van der Waals surface area (Å²) in [7, 11) is 1.79. The number of para-hydroxylation sites is 1. The van der Waals surface area contributed by atoms with Crippen molar-refractivity contribution in [3.63, 3.8) is 0 Å². The number of aliphatic imine (C=N–C) groups is 1. The molecule has 0 bridgehead atoms. The lowest BCUT2D eigenvalue weighted by Crippen LogP contribution is -2.47. The zero-order chi connectivity index (χ0) is 22.3. The minimum atomic E-state index is -3.55. The van der Waals surface area contributed by atoms with E-state index in [1.165, 1.54) is 0 Å². The first kappa shape index (κ1) is 26.4. The van der Waals surface area contributed by atoms with Gasteiger partial charge in [0, 0.05) is 51.9 Å². The van der Waals surface area contributed by atoms with Crippen molar-refractivity contribution in [2.45, 2.75) is 18.0 Å². The van der Waals surface area contributed by atoms with Crippen LogP contribution < -0.4 is 15.4 Å². The van der Waals surface area contributed by atoms with Gasteiger partial charge < -0.3 is 20.3 Å². The van der Waals surface area contributed by atoms with Crippen LogP contribution in [0.1, 0.15) is 11.1 Å². The van der Waals surface area contributed by atoms with Crippen LogP contribution in [0.3, 0.4) is 0 Å². The third-order valence-electron chi connectivity index (χ3n) is 5.36. The fraction of sp³-hybridized carbons (Fsp3) is 0.409.